The molecule has 0 fully saturated rings. The summed E-state index contributed by atoms with van der Waals surface area (Å²) >= 11 is 0. The van der Waals surface area contributed by atoms with Crippen molar-refractivity contribution in [1.29, 1.82) is 0 Å². The van der Waals surface area contributed by atoms with Crippen LogP contribution in [0.4, 0.5) is 5.69 Å². The van der Waals surface area contributed by atoms with E-state index in [2.05, 4.69) is 0 Å². The molecule has 0 aliphatic carbocycles. The fraction of sp³-hybridized carbons (Fsp3) is 0.125. The van der Waals surface area contributed by atoms with E-state index in [0.29, 0.717) is 12.8 Å². The third-order valence-electron chi connectivity index (χ3n) is 3.48. The van der Waals surface area contributed by atoms with E-state index in [1.165, 1.54) is 0 Å². The molecular formula is C16H13NO2. The zero-order valence-corrected chi connectivity index (χ0v) is 10.3. The highest BCUT2D eigenvalue weighted by Gasteiger charge is 2.34. The van der Waals surface area contributed by atoms with Crippen molar-refractivity contribution in [3.63, 3.8) is 0 Å². The topological polar surface area (TPSA) is 37.4 Å². The SMILES string of the molecule is O=CC(=O)C1c2ccccc2CN1c1ccccc1. The summed E-state index contributed by atoms with van der Waals surface area (Å²) in [6, 6.07) is 17.0. The van der Waals surface area contributed by atoms with Gasteiger partial charge in [0.05, 0.1) is 0 Å². The molecule has 2 aromatic carbocycles. The van der Waals surface area contributed by atoms with Gasteiger partial charge in [0.15, 0.2) is 6.29 Å². The van der Waals surface area contributed by atoms with Crippen LogP contribution >= 0.6 is 0 Å². The number of rotatable bonds is 3. The molecule has 0 spiro atoms. The minimum absolute atomic E-state index is 0.395. The van der Waals surface area contributed by atoms with Gasteiger partial charge in [0.25, 0.3) is 0 Å². The lowest BCUT2D eigenvalue weighted by Crippen LogP contribution is -2.28. The van der Waals surface area contributed by atoms with Gasteiger partial charge in [-0.1, -0.05) is 42.5 Å². The fourth-order valence-electron chi connectivity index (χ4n) is 2.62. The first-order valence-electron chi connectivity index (χ1n) is 6.20. The zero-order valence-electron chi connectivity index (χ0n) is 10.3. The summed E-state index contributed by atoms with van der Waals surface area (Å²) in [6.07, 6.45) is 0.419. The van der Waals surface area contributed by atoms with Crippen LogP contribution in [0.15, 0.2) is 54.6 Å². The third-order valence-corrected chi connectivity index (χ3v) is 3.48. The molecule has 1 heterocycles. The molecule has 3 rings (SSSR count). The summed E-state index contributed by atoms with van der Waals surface area (Å²) in [5.41, 5.74) is 2.99. The molecule has 3 nitrogen and oxygen atoms in total. The van der Waals surface area contributed by atoms with Gasteiger partial charge in [-0.25, -0.2) is 0 Å². The maximum absolute atomic E-state index is 12.0. The van der Waals surface area contributed by atoms with Crippen molar-refractivity contribution in [3.8, 4) is 0 Å². The molecule has 0 saturated heterocycles. The van der Waals surface area contributed by atoms with Gasteiger partial charge < -0.3 is 4.90 Å². The molecule has 3 heteroatoms. The number of nitrogens with zero attached hydrogens (tertiary/aromatic N) is 1. The van der Waals surface area contributed by atoms with Gasteiger partial charge in [0, 0.05) is 12.2 Å². The monoisotopic (exact) mass is 251 g/mol. The standard InChI is InChI=1S/C16H13NO2/c18-11-15(19)16-14-9-5-4-6-12(14)10-17(16)13-7-2-1-3-8-13/h1-9,11,16H,10H2. The van der Waals surface area contributed by atoms with Crippen LogP contribution in [0.3, 0.4) is 0 Å². The Labute approximate surface area is 111 Å². The number of hydrogen-bond donors (Lipinski definition) is 0. The number of fused-ring (bicyclic) bond motifs is 1. The maximum Gasteiger partial charge on any atom is 0.222 e. The lowest BCUT2D eigenvalue weighted by atomic mass is 10.0. The van der Waals surface area contributed by atoms with Crippen LogP contribution in [0.5, 0.6) is 0 Å². The summed E-state index contributed by atoms with van der Waals surface area (Å²) in [4.78, 5) is 24.8. The highest BCUT2D eigenvalue weighted by atomic mass is 16.2. The Kier molecular flexibility index (Phi) is 2.88. The van der Waals surface area contributed by atoms with E-state index >= 15 is 0 Å². The number of carbonyl (C=O) groups excluding carboxylic acids is 2. The average Bonchev–Trinajstić information content (AvgIpc) is 2.87. The number of anilines is 1. The highest BCUT2D eigenvalue weighted by molar-refractivity contribution is 6.28. The first-order valence-corrected chi connectivity index (χ1v) is 6.20. The van der Waals surface area contributed by atoms with Crippen LogP contribution < -0.4 is 4.90 Å². The molecule has 0 N–H and O–H groups in total. The Balaban J connectivity index is 2.07. The van der Waals surface area contributed by atoms with E-state index in [-0.39, 0.29) is 0 Å². The molecule has 94 valence electrons. The molecule has 1 atom stereocenters. The number of hydrogen-bond acceptors (Lipinski definition) is 3. The molecule has 19 heavy (non-hydrogen) atoms. The minimum atomic E-state index is -0.490. The van der Waals surface area contributed by atoms with Crippen molar-refractivity contribution in [2.45, 2.75) is 12.6 Å². The second-order valence-corrected chi connectivity index (χ2v) is 4.59. The van der Waals surface area contributed by atoms with E-state index in [1.54, 1.807) is 0 Å². The lowest BCUT2D eigenvalue weighted by Gasteiger charge is -2.24. The molecule has 1 unspecified atom stereocenters. The van der Waals surface area contributed by atoms with Crippen molar-refractivity contribution in [3.05, 3.63) is 65.7 Å². The van der Waals surface area contributed by atoms with E-state index in [1.807, 2.05) is 59.5 Å². The molecular weight excluding hydrogens is 238 g/mol. The molecule has 1 aliphatic rings. The van der Waals surface area contributed by atoms with Crippen molar-refractivity contribution < 1.29 is 9.59 Å². The van der Waals surface area contributed by atoms with Crippen LogP contribution in [0, 0.1) is 0 Å². The Morgan fingerprint density at radius 1 is 1.05 bits per heavy atom. The van der Waals surface area contributed by atoms with Gasteiger partial charge in [-0.2, -0.15) is 0 Å². The van der Waals surface area contributed by atoms with E-state index < -0.39 is 11.8 Å². The second kappa shape index (κ2) is 4.69. The van der Waals surface area contributed by atoms with Crippen LogP contribution in [0.25, 0.3) is 0 Å². The highest BCUT2D eigenvalue weighted by Crippen LogP contribution is 2.37. The van der Waals surface area contributed by atoms with Crippen molar-refractivity contribution in [2.75, 3.05) is 4.90 Å². The van der Waals surface area contributed by atoms with E-state index in [0.717, 1.165) is 16.8 Å². The zero-order chi connectivity index (χ0) is 13.2. The van der Waals surface area contributed by atoms with Crippen LogP contribution in [-0.2, 0) is 16.1 Å². The number of carbonyl (C=O) groups is 2. The summed E-state index contributed by atoms with van der Waals surface area (Å²) in [5, 5.41) is 0. The molecule has 0 bridgehead atoms. The van der Waals surface area contributed by atoms with Crippen molar-refractivity contribution >= 4 is 17.8 Å². The predicted octanol–water partition coefficient (Wildman–Crippen LogP) is 2.52. The van der Waals surface area contributed by atoms with Gasteiger partial charge in [0.2, 0.25) is 5.78 Å². The van der Waals surface area contributed by atoms with E-state index in [9.17, 15) is 9.59 Å². The van der Waals surface area contributed by atoms with Gasteiger partial charge in [-0.15, -0.1) is 0 Å². The molecule has 0 amide bonds. The van der Waals surface area contributed by atoms with Crippen LogP contribution in [0.2, 0.25) is 0 Å². The van der Waals surface area contributed by atoms with Gasteiger partial charge in [0.1, 0.15) is 6.04 Å². The average molecular weight is 251 g/mol. The summed E-state index contributed by atoms with van der Waals surface area (Å²) < 4.78 is 0. The van der Waals surface area contributed by atoms with Crippen LogP contribution in [0.1, 0.15) is 17.2 Å². The van der Waals surface area contributed by atoms with Gasteiger partial charge >= 0.3 is 0 Å². The molecule has 0 radical (unpaired) electrons. The van der Waals surface area contributed by atoms with Crippen molar-refractivity contribution in [1.82, 2.24) is 0 Å². The first-order chi connectivity index (χ1) is 9.31. The summed E-state index contributed by atoms with van der Waals surface area (Å²) in [6.45, 7) is 0.657. The smallest absolute Gasteiger partial charge is 0.222 e. The molecule has 0 aromatic heterocycles. The minimum Gasteiger partial charge on any atom is -0.353 e. The number of benzene rings is 2. The maximum atomic E-state index is 12.0. The molecule has 2 aromatic rings. The molecule has 0 saturated carbocycles. The van der Waals surface area contributed by atoms with E-state index in [4.69, 9.17) is 0 Å². The Morgan fingerprint density at radius 3 is 2.47 bits per heavy atom. The third kappa shape index (κ3) is 1.93. The quantitative estimate of drug-likeness (QED) is 0.621. The lowest BCUT2D eigenvalue weighted by molar-refractivity contribution is -0.130. The number of para-hydroxylation sites is 1. The molecule has 1 aliphatic heterocycles. The Hall–Kier alpha value is -2.42. The Bertz CT molecular complexity index is 622. The number of Topliss-reactive ketones (excluding diaryl/α,β-unsaturated/α-hetero) is 1. The number of ketones is 1. The summed E-state index contributed by atoms with van der Waals surface area (Å²) in [5.74, 6) is -0.395. The van der Waals surface area contributed by atoms with Gasteiger partial charge in [-0.05, 0) is 23.3 Å². The Morgan fingerprint density at radius 2 is 1.74 bits per heavy atom. The van der Waals surface area contributed by atoms with Crippen LogP contribution in [-0.4, -0.2) is 12.1 Å². The first kappa shape index (κ1) is 11.7. The van der Waals surface area contributed by atoms with Gasteiger partial charge in [-0.3, -0.25) is 9.59 Å². The normalized spacial score (nSPS) is 17.1. The fourth-order valence-corrected chi connectivity index (χ4v) is 2.62. The number of aldehydes is 1. The second-order valence-electron chi connectivity index (χ2n) is 4.59. The predicted molar refractivity (Wildman–Crippen MR) is 72.9 cm³/mol. The van der Waals surface area contributed by atoms with Crippen molar-refractivity contribution in [2.24, 2.45) is 0 Å². The largest absolute Gasteiger partial charge is 0.353 e. The summed E-state index contributed by atoms with van der Waals surface area (Å²) in [7, 11) is 0.